The molecule has 1 aliphatic rings. The minimum atomic E-state index is -3.38. The molecule has 184 valence electrons. The topological polar surface area (TPSA) is 67.8 Å². The van der Waals surface area contributed by atoms with Crippen molar-refractivity contribution in [3.8, 4) is 5.75 Å². The van der Waals surface area contributed by atoms with Crippen LogP contribution in [0.2, 0.25) is 10.0 Å². The van der Waals surface area contributed by atoms with Crippen LogP contribution in [0.1, 0.15) is 44.4 Å². The molecule has 0 aliphatic carbocycles. The third-order valence-corrected chi connectivity index (χ3v) is 8.99. The van der Waals surface area contributed by atoms with E-state index in [1.165, 1.54) is 0 Å². The van der Waals surface area contributed by atoms with E-state index >= 15 is 0 Å². The Kier molecular flexibility index (Phi) is 6.93. The first-order chi connectivity index (χ1) is 16.5. The fourth-order valence-corrected chi connectivity index (χ4v) is 5.59. The van der Waals surface area contributed by atoms with E-state index in [0.717, 1.165) is 11.1 Å². The van der Waals surface area contributed by atoms with Gasteiger partial charge in [0.25, 0.3) is 0 Å². The number of sulfone groups is 1. The van der Waals surface area contributed by atoms with Crippen LogP contribution in [-0.4, -0.2) is 26.6 Å². The zero-order valence-electron chi connectivity index (χ0n) is 20.1. The second kappa shape index (κ2) is 9.49. The van der Waals surface area contributed by atoms with Gasteiger partial charge in [-0.1, -0.05) is 54.4 Å². The molecule has 0 bridgehead atoms. The summed E-state index contributed by atoms with van der Waals surface area (Å²) in [5.74, 6) is 1.09. The van der Waals surface area contributed by atoms with Gasteiger partial charge in [0.1, 0.15) is 17.1 Å². The summed E-state index contributed by atoms with van der Waals surface area (Å²) in [5.41, 5.74) is 1.29. The van der Waals surface area contributed by atoms with Gasteiger partial charge in [-0.2, -0.15) is 0 Å². The molecule has 3 aromatic rings. The van der Waals surface area contributed by atoms with Crippen molar-refractivity contribution in [3.63, 3.8) is 0 Å². The molecule has 0 radical (unpaired) electrons. The van der Waals surface area contributed by atoms with Gasteiger partial charge in [-0.15, -0.1) is 0 Å². The number of aliphatic imine (C=N–C) groups is 1. The number of ether oxygens (including phenoxy) is 1. The highest BCUT2D eigenvalue weighted by molar-refractivity contribution is 7.91. The van der Waals surface area contributed by atoms with E-state index in [1.54, 1.807) is 25.1 Å². The van der Waals surface area contributed by atoms with Gasteiger partial charge in [-0.05, 0) is 74.4 Å². The average Bonchev–Trinajstić information content (AvgIpc) is 3.12. The Labute approximate surface area is 217 Å². The molecule has 1 N–H and O–H groups in total. The summed E-state index contributed by atoms with van der Waals surface area (Å²) in [7, 11) is -3.38. The molecule has 0 saturated carbocycles. The largest absolute Gasteiger partial charge is 0.493 e. The molecule has 0 fully saturated rings. The molecular weight excluding hydrogens is 503 g/mol. The molecular formula is C27H28Cl2N2O3S. The SMILES string of the molecule is CCOc1cc(S(=O)(=O)CC)ccc1C1=N[C@@](C)(c2ccc(Cl)cc2)[C@@](C)(c2ccc(Cl)cc2)N1. The summed E-state index contributed by atoms with van der Waals surface area (Å²) in [5, 5.41) is 4.93. The Morgan fingerprint density at radius 2 is 1.46 bits per heavy atom. The average molecular weight is 532 g/mol. The Morgan fingerprint density at radius 3 is 2.00 bits per heavy atom. The molecule has 0 saturated heterocycles. The highest BCUT2D eigenvalue weighted by Gasteiger charge is 2.52. The van der Waals surface area contributed by atoms with Gasteiger partial charge in [0.05, 0.1) is 28.4 Å². The molecule has 2 atom stereocenters. The van der Waals surface area contributed by atoms with Crippen molar-refractivity contribution in [1.29, 1.82) is 0 Å². The van der Waals surface area contributed by atoms with Crippen molar-refractivity contribution in [2.24, 2.45) is 4.99 Å². The number of hydrogen-bond donors (Lipinski definition) is 1. The molecule has 8 heteroatoms. The second-order valence-electron chi connectivity index (χ2n) is 8.79. The molecule has 0 unspecified atom stereocenters. The Bertz CT molecular complexity index is 1370. The van der Waals surface area contributed by atoms with Crippen LogP contribution in [0.4, 0.5) is 0 Å². The summed E-state index contributed by atoms with van der Waals surface area (Å²) in [4.78, 5) is 5.43. The fraction of sp³-hybridized carbons (Fsp3) is 0.296. The maximum absolute atomic E-state index is 12.5. The number of halogens is 2. The van der Waals surface area contributed by atoms with Crippen molar-refractivity contribution >= 4 is 38.9 Å². The number of rotatable bonds is 7. The van der Waals surface area contributed by atoms with Gasteiger partial charge < -0.3 is 10.1 Å². The van der Waals surface area contributed by atoms with Gasteiger partial charge in [0.2, 0.25) is 0 Å². The Hall–Kier alpha value is -2.54. The molecule has 35 heavy (non-hydrogen) atoms. The lowest BCUT2D eigenvalue weighted by Gasteiger charge is -2.40. The standard InChI is InChI=1S/C27H28Cl2N2O3S/c1-5-34-24-17-22(35(32,33)6-2)15-16-23(24)25-30-26(3,18-7-11-20(28)12-8-18)27(4,31-25)19-9-13-21(29)14-10-19/h7-17H,5-6H2,1-4H3,(H,30,31)/t26-,27+. The first-order valence-electron chi connectivity index (χ1n) is 11.4. The minimum absolute atomic E-state index is 0.0143. The summed E-state index contributed by atoms with van der Waals surface area (Å²) in [6.45, 7) is 8.04. The van der Waals surface area contributed by atoms with E-state index in [4.69, 9.17) is 32.9 Å². The zero-order chi connectivity index (χ0) is 25.4. The van der Waals surface area contributed by atoms with Crippen LogP contribution in [0, 0.1) is 0 Å². The van der Waals surface area contributed by atoms with Gasteiger partial charge in [-0.3, -0.25) is 4.99 Å². The van der Waals surface area contributed by atoms with Crippen LogP contribution in [0.5, 0.6) is 5.75 Å². The highest BCUT2D eigenvalue weighted by Crippen LogP contribution is 2.48. The van der Waals surface area contributed by atoms with Crippen molar-refractivity contribution in [1.82, 2.24) is 5.32 Å². The molecule has 5 nitrogen and oxygen atoms in total. The first-order valence-corrected chi connectivity index (χ1v) is 13.8. The van der Waals surface area contributed by atoms with Crippen molar-refractivity contribution < 1.29 is 13.2 Å². The quantitative estimate of drug-likeness (QED) is 0.385. The van der Waals surface area contributed by atoms with Gasteiger partial charge in [0.15, 0.2) is 9.84 Å². The van der Waals surface area contributed by atoms with Crippen LogP contribution in [-0.2, 0) is 20.9 Å². The normalized spacial score (nSPS) is 21.9. The van der Waals surface area contributed by atoms with E-state index in [9.17, 15) is 8.42 Å². The van der Waals surface area contributed by atoms with Crippen LogP contribution in [0.15, 0.2) is 76.6 Å². The number of hydrogen-bond acceptors (Lipinski definition) is 5. The molecule has 1 aliphatic heterocycles. The molecule has 0 aromatic heterocycles. The summed E-state index contributed by atoms with van der Waals surface area (Å²) in [6, 6.07) is 20.3. The number of nitrogens with one attached hydrogen (secondary N) is 1. The lowest BCUT2D eigenvalue weighted by atomic mass is 9.72. The number of benzene rings is 3. The maximum atomic E-state index is 12.5. The summed E-state index contributed by atoms with van der Waals surface area (Å²) < 4.78 is 30.9. The summed E-state index contributed by atoms with van der Waals surface area (Å²) >= 11 is 12.4. The smallest absolute Gasteiger partial charge is 0.178 e. The first kappa shape index (κ1) is 25.5. The summed E-state index contributed by atoms with van der Waals surface area (Å²) in [6.07, 6.45) is 0. The van der Waals surface area contributed by atoms with Crippen molar-refractivity contribution in [3.05, 3.63) is 93.5 Å². The second-order valence-corrected chi connectivity index (χ2v) is 11.9. The highest BCUT2D eigenvalue weighted by atomic mass is 35.5. The maximum Gasteiger partial charge on any atom is 0.178 e. The lowest BCUT2D eigenvalue weighted by Crippen LogP contribution is -2.50. The van der Waals surface area contributed by atoms with Crippen LogP contribution in [0.25, 0.3) is 0 Å². The van der Waals surface area contributed by atoms with Crippen LogP contribution < -0.4 is 10.1 Å². The lowest BCUT2D eigenvalue weighted by molar-refractivity contribution is 0.268. The molecule has 0 spiro atoms. The van der Waals surface area contributed by atoms with E-state index in [1.807, 2.05) is 55.5 Å². The van der Waals surface area contributed by atoms with Crippen molar-refractivity contribution in [2.75, 3.05) is 12.4 Å². The van der Waals surface area contributed by atoms with E-state index in [0.29, 0.717) is 33.8 Å². The van der Waals surface area contributed by atoms with E-state index in [-0.39, 0.29) is 10.6 Å². The molecule has 0 amide bonds. The zero-order valence-corrected chi connectivity index (χ0v) is 22.4. The predicted octanol–water partition coefficient (Wildman–Crippen LogP) is 6.37. The molecule has 1 heterocycles. The predicted molar refractivity (Wildman–Crippen MR) is 143 cm³/mol. The monoisotopic (exact) mass is 530 g/mol. The fourth-order valence-electron chi connectivity index (χ4n) is 4.45. The van der Waals surface area contributed by atoms with Gasteiger partial charge in [0, 0.05) is 10.0 Å². The third-order valence-electron chi connectivity index (χ3n) is 6.75. The number of amidine groups is 1. The van der Waals surface area contributed by atoms with E-state index in [2.05, 4.69) is 19.2 Å². The van der Waals surface area contributed by atoms with E-state index < -0.39 is 20.9 Å². The number of nitrogens with zero attached hydrogens (tertiary/aromatic N) is 1. The van der Waals surface area contributed by atoms with Gasteiger partial charge in [-0.25, -0.2) is 8.42 Å². The minimum Gasteiger partial charge on any atom is -0.493 e. The van der Waals surface area contributed by atoms with Crippen molar-refractivity contribution in [2.45, 2.75) is 43.7 Å². The Balaban J connectivity index is 1.90. The van der Waals surface area contributed by atoms with Crippen LogP contribution in [0.3, 0.4) is 0 Å². The molecule has 4 rings (SSSR count). The third kappa shape index (κ3) is 4.55. The Morgan fingerprint density at radius 1 is 0.886 bits per heavy atom. The van der Waals surface area contributed by atoms with Crippen LogP contribution >= 0.6 is 23.2 Å². The van der Waals surface area contributed by atoms with Gasteiger partial charge >= 0.3 is 0 Å². The molecule has 3 aromatic carbocycles.